The molecular formula is C10H21N2O2+. The van der Waals surface area contributed by atoms with Crippen LogP contribution in [0.25, 0.3) is 0 Å². The largest absolute Gasteiger partial charge is 0.475 e. The number of carbonyl (C=O) groups is 1. The smallest absolute Gasteiger partial charge is 0.382 e. The Hall–Kier alpha value is -0.870. The molecule has 0 aromatic heterocycles. The Kier molecular flexibility index (Phi) is 3.85. The highest BCUT2D eigenvalue weighted by molar-refractivity contribution is 5.77. The van der Waals surface area contributed by atoms with Crippen molar-refractivity contribution < 1.29 is 14.4 Å². The predicted octanol–water partition coefficient (Wildman–Crippen LogP) is 0.611. The average molecular weight is 201 g/mol. The van der Waals surface area contributed by atoms with Gasteiger partial charge in [0.25, 0.3) is 5.66 Å². The highest BCUT2D eigenvalue weighted by Gasteiger charge is 2.51. The fourth-order valence-electron chi connectivity index (χ4n) is 1.82. The van der Waals surface area contributed by atoms with E-state index in [4.69, 9.17) is 0 Å². The lowest BCUT2D eigenvalue weighted by Gasteiger charge is -2.46. The molecule has 4 heteroatoms. The number of carboxylic acid groups (broad SMARTS) is 1. The van der Waals surface area contributed by atoms with E-state index in [0.29, 0.717) is 10.9 Å². The second-order valence-electron chi connectivity index (χ2n) is 4.52. The van der Waals surface area contributed by atoms with Gasteiger partial charge in [-0.25, -0.2) is 9.69 Å². The molecule has 1 unspecified atom stereocenters. The Morgan fingerprint density at radius 2 is 1.93 bits per heavy atom. The Morgan fingerprint density at radius 1 is 1.50 bits per heavy atom. The summed E-state index contributed by atoms with van der Waals surface area (Å²) < 4.78 is 0.335. The van der Waals surface area contributed by atoms with Crippen molar-refractivity contribution in [2.75, 3.05) is 35.2 Å². The first kappa shape index (κ1) is 13.1. The van der Waals surface area contributed by atoms with E-state index in [9.17, 15) is 9.90 Å². The van der Waals surface area contributed by atoms with Crippen LogP contribution in [0.2, 0.25) is 0 Å². The summed E-state index contributed by atoms with van der Waals surface area (Å²) in [6, 6.07) is 0. The van der Waals surface area contributed by atoms with Crippen LogP contribution in [0.3, 0.4) is 0 Å². The van der Waals surface area contributed by atoms with Gasteiger partial charge in [-0.3, -0.25) is 0 Å². The lowest BCUT2D eigenvalue weighted by atomic mass is 10.0. The molecule has 0 fully saturated rings. The summed E-state index contributed by atoms with van der Waals surface area (Å²) in [6.07, 6.45) is 2.07. The van der Waals surface area contributed by atoms with Gasteiger partial charge in [-0.1, -0.05) is 6.08 Å². The van der Waals surface area contributed by atoms with E-state index in [1.54, 1.807) is 25.1 Å². The lowest BCUT2D eigenvalue weighted by Crippen LogP contribution is -2.69. The van der Waals surface area contributed by atoms with E-state index < -0.39 is 11.6 Å². The fraction of sp³-hybridized carbons (Fsp3) is 0.700. The van der Waals surface area contributed by atoms with Gasteiger partial charge >= 0.3 is 5.97 Å². The molecule has 0 radical (unpaired) electrons. The maximum atomic E-state index is 11.4. The Morgan fingerprint density at radius 3 is 2.00 bits per heavy atom. The van der Waals surface area contributed by atoms with Crippen LogP contribution in [0.4, 0.5) is 0 Å². The standard InChI is InChI=1S/C10H20N2O2/c1-7-8-10(9(13)14,11(2)3)12(4,5)6/h7H,1,8H2,2-6H3/p+1. The van der Waals surface area contributed by atoms with Crippen molar-refractivity contribution in [3.63, 3.8) is 0 Å². The van der Waals surface area contributed by atoms with E-state index in [1.807, 2.05) is 21.1 Å². The summed E-state index contributed by atoms with van der Waals surface area (Å²) in [4.78, 5) is 13.1. The van der Waals surface area contributed by atoms with Crippen molar-refractivity contribution in [2.45, 2.75) is 12.1 Å². The first-order valence-electron chi connectivity index (χ1n) is 4.53. The topological polar surface area (TPSA) is 40.5 Å². The van der Waals surface area contributed by atoms with Gasteiger partial charge in [-0.2, -0.15) is 0 Å². The van der Waals surface area contributed by atoms with Crippen molar-refractivity contribution in [3.05, 3.63) is 12.7 Å². The molecule has 14 heavy (non-hydrogen) atoms. The summed E-state index contributed by atoms with van der Waals surface area (Å²) in [5, 5.41) is 9.36. The van der Waals surface area contributed by atoms with Gasteiger partial charge in [-0.15, -0.1) is 6.58 Å². The van der Waals surface area contributed by atoms with E-state index in [0.717, 1.165) is 0 Å². The average Bonchev–Trinajstić information content (AvgIpc) is 1.95. The maximum absolute atomic E-state index is 11.4. The number of carboxylic acids is 1. The maximum Gasteiger partial charge on any atom is 0.382 e. The third-order valence-electron chi connectivity index (χ3n) is 2.62. The summed E-state index contributed by atoms with van der Waals surface area (Å²) in [5.41, 5.74) is -0.943. The summed E-state index contributed by atoms with van der Waals surface area (Å²) in [6.45, 7) is 3.62. The van der Waals surface area contributed by atoms with Gasteiger partial charge in [-0.05, 0) is 14.1 Å². The summed E-state index contributed by atoms with van der Waals surface area (Å²) >= 11 is 0. The first-order valence-corrected chi connectivity index (χ1v) is 4.53. The highest BCUT2D eigenvalue weighted by Crippen LogP contribution is 2.26. The van der Waals surface area contributed by atoms with Crippen LogP contribution in [0, 0.1) is 0 Å². The minimum atomic E-state index is -0.943. The molecule has 0 aliphatic rings. The van der Waals surface area contributed by atoms with Crippen LogP contribution >= 0.6 is 0 Å². The fourth-order valence-corrected chi connectivity index (χ4v) is 1.82. The molecule has 0 aliphatic carbocycles. The Balaban J connectivity index is 5.38. The van der Waals surface area contributed by atoms with Crippen LogP contribution in [-0.4, -0.2) is 61.4 Å². The number of rotatable bonds is 5. The molecule has 1 N–H and O–H groups in total. The molecule has 0 aromatic rings. The number of quaternary nitrogens is 1. The number of hydrogen-bond acceptors (Lipinski definition) is 2. The quantitative estimate of drug-likeness (QED) is 0.402. The van der Waals surface area contributed by atoms with E-state index in [-0.39, 0.29) is 0 Å². The van der Waals surface area contributed by atoms with Crippen LogP contribution in [0.15, 0.2) is 12.7 Å². The van der Waals surface area contributed by atoms with Crippen molar-refractivity contribution >= 4 is 5.97 Å². The predicted molar refractivity (Wildman–Crippen MR) is 56.9 cm³/mol. The lowest BCUT2D eigenvalue weighted by molar-refractivity contribution is -0.926. The molecule has 0 heterocycles. The minimum Gasteiger partial charge on any atom is -0.475 e. The Labute approximate surface area is 86.0 Å². The number of hydrogen-bond donors (Lipinski definition) is 1. The SMILES string of the molecule is C=CCC(C(=O)O)(N(C)C)[N+](C)(C)C. The van der Waals surface area contributed by atoms with E-state index in [1.165, 1.54) is 0 Å². The third-order valence-corrected chi connectivity index (χ3v) is 2.62. The monoisotopic (exact) mass is 201 g/mol. The molecule has 0 aromatic carbocycles. The molecule has 0 amide bonds. The second kappa shape index (κ2) is 4.11. The van der Waals surface area contributed by atoms with Crippen LogP contribution in [-0.2, 0) is 4.79 Å². The van der Waals surface area contributed by atoms with E-state index >= 15 is 0 Å². The zero-order chi connectivity index (χ0) is 11.6. The zero-order valence-corrected chi connectivity index (χ0v) is 9.74. The molecule has 1 atom stereocenters. The molecule has 0 saturated carbocycles. The highest BCUT2D eigenvalue weighted by atomic mass is 16.4. The zero-order valence-electron chi connectivity index (χ0n) is 9.74. The summed E-state index contributed by atoms with van der Waals surface area (Å²) in [7, 11) is 9.18. The van der Waals surface area contributed by atoms with Crippen molar-refractivity contribution in [3.8, 4) is 0 Å². The normalized spacial score (nSPS) is 16.4. The molecule has 82 valence electrons. The number of aliphatic carboxylic acids is 1. The van der Waals surface area contributed by atoms with Crippen molar-refractivity contribution in [1.29, 1.82) is 0 Å². The van der Waals surface area contributed by atoms with Crippen LogP contribution in [0.1, 0.15) is 6.42 Å². The summed E-state index contributed by atoms with van der Waals surface area (Å²) in [5.74, 6) is -0.824. The van der Waals surface area contributed by atoms with Crippen LogP contribution in [0.5, 0.6) is 0 Å². The molecular weight excluding hydrogens is 180 g/mol. The molecule has 0 saturated heterocycles. The number of likely N-dealkylation sites (N-methyl/N-ethyl adjacent to an activating group) is 2. The molecule has 0 bridgehead atoms. The molecule has 4 nitrogen and oxygen atoms in total. The molecule has 0 aliphatic heterocycles. The Bertz CT molecular complexity index is 231. The van der Waals surface area contributed by atoms with Gasteiger partial charge < -0.3 is 9.59 Å². The van der Waals surface area contributed by atoms with E-state index in [2.05, 4.69) is 6.58 Å². The van der Waals surface area contributed by atoms with Gasteiger partial charge in [0, 0.05) is 6.42 Å². The van der Waals surface area contributed by atoms with Gasteiger partial charge in [0.05, 0.1) is 21.1 Å². The molecule has 0 spiro atoms. The minimum absolute atomic E-state index is 0.335. The second-order valence-corrected chi connectivity index (χ2v) is 4.52. The first-order chi connectivity index (χ1) is 6.20. The van der Waals surface area contributed by atoms with Crippen molar-refractivity contribution in [2.24, 2.45) is 0 Å². The van der Waals surface area contributed by atoms with Crippen molar-refractivity contribution in [1.82, 2.24) is 4.90 Å². The number of nitrogens with zero attached hydrogens (tertiary/aromatic N) is 2. The van der Waals surface area contributed by atoms with Gasteiger partial charge in [0.1, 0.15) is 0 Å². The van der Waals surface area contributed by atoms with Gasteiger partial charge in [0.2, 0.25) is 0 Å². The van der Waals surface area contributed by atoms with Crippen LogP contribution < -0.4 is 0 Å². The molecule has 0 rings (SSSR count). The third kappa shape index (κ3) is 1.96. The van der Waals surface area contributed by atoms with Gasteiger partial charge in [0.15, 0.2) is 0 Å².